The van der Waals surface area contributed by atoms with Crippen LogP contribution in [0.4, 0.5) is 8.78 Å². The molecule has 2 nitrogen and oxygen atoms in total. The van der Waals surface area contributed by atoms with E-state index in [1.165, 1.54) is 25.0 Å². The van der Waals surface area contributed by atoms with E-state index in [0.29, 0.717) is 11.6 Å². The molecule has 3 rings (SSSR count). The number of nitrogens with one attached hydrogen (secondary N) is 1. The highest BCUT2D eigenvalue weighted by atomic mass is 19.1. The van der Waals surface area contributed by atoms with Gasteiger partial charge in [-0.3, -0.25) is 0 Å². The number of halogens is 2. The van der Waals surface area contributed by atoms with Crippen LogP contribution in [0.15, 0.2) is 42.5 Å². The molecule has 2 aromatic carbocycles. The van der Waals surface area contributed by atoms with E-state index >= 15 is 0 Å². The van der Waals surface area contributed by atoms with E-state index in [0.717, 1.165) is 23.9 Å². The van der Waals surface area contributed by atoms with Crippen molar-refractivity contribution in [2.24, 2.45) is 0 Å². The average molecular weight is 289 g/mol. The van der Waals surface area contributed by atoms with Gasteiger partial charge in [-0.15, -0.1) is 0 Å². The van der Waals surface area contributed by atoms with E-state index < -0.39 is 11.6 Å². The second-order valence-corrected chi connectivity index (χ2v) is 5.29. The van der Waals surface area contributed by atoms with Gasteiger partial charge < -0.3 is 10.1 Å². The van der Waals surface area contributed by atoms with E-state index in [-0.39, 0.29) is 6.61 Å². The summed E-state index contributed by atoms with van der Waals surface area (Å²) in [6.45, 7) is 0.833. The molecule has 0 spiro atoms. The van der Waals surface area contributed by atoms with E-state index in [4.69, 9.17) is 4.74 Å². The Bertz CT molecular complexity index is 626. The largest absolute Gasteiger partial charge is 0.488 e. The Morgan fingerprint density at radius 3 is 2.62 bits per heavy atom. The van der Waals surface area contributed by atoms with E-state index in [2.05, 4.69) is 5.32 Å². The topological polar surface area (TPSA) is 21.3 Å². The Kier molecular flexibility index (Phi) is 4.15. The van der Waals surface area contributed by atoms with Crippen molar-refractivity contribution in [1.29, 1.82) is 0 Å². The second kappa shape index (κ2) is 6.22. The molecule has 0 aliphatic heterocycles. The molecule has 0 radical (unpaired) electrons. The van der Waals surface area contributed by atoms with Crippen molar-refractivity contribution in [3.8, 4) is 5.75 Å². The first-order valence-electron chi connectivity index (χ1n) is 7.10. The van der Waals surface area contributed by atoms with Gasteiger partial charge in [-0.2, -0.15) is 0 Å². The average Bonchev–Trinajstić information content (AvgIpc) is 3.29. The third kappa shape index (κ3) is 3.79. The van der Waals surface area contributed by atoms with Crippen LogP contribution < -0.4 is 10.1 Å². The summed E-state index contributed by atoms with van der Waals surface area (Å²) in [5.74, 6) is -0.428. The first-order valence-corrected chi connectivity index (χ1v) is 7.10. The van der Waals surface area contributed by atoms with E-state index in [1.54, 1.807) is 0 Å². The molecule has 0 saturated heterocycles. The van der Waals surface area contributed by atoms with Gasteiger partial charge >= 0.3 is 0 Å². The standard InChI is InChI=1S/C17H17F2NO/c18-14-6-5-13(16(19)9-14)11-21-17-4-2-1-3-12(17)10-20-15-7-8-15/h1-6,9,15,20H,7-8,10-11H2. The van der Waals surface area contributed by atoms with Crippen molar-refractivity contribution in [3.05, 3.63) is 65.2 Å². The fourth-order valence-electron chi connectivity index (χ4n) is 2.13. The summed E-state index contributed by atoms with van der Waals surface area (Å²) in [7, 11) is 0. The summed E-state index contributed by atoms with van der Waals surface area (Å²) in [6.07, 6.45) is 2.45. The minimum Gasteiger partial charge on any atom is -0.488 e. The van der Waals surface area contributed by atoms with E-state index in [1.807, 2.05) is 24.3 Å². The smallest absolute Gasteiger partial charge is 0.132 e. The molecule has 2 aromatic rings. The van der Waals surface area contributed by atoms with Crippen molar-refractivity contribution in [1.82, 2.24) is 5.32 Å². The Balaban J connectivity index is 1.66. The summed E-state index contributed by atoms with van der Waals surface area (Å²) in [5.41, 5.74) is 1.40. The van der Waals surface area contributed by atoms with Gasteiger partial charge in [0.25, 0.3) is 0 Å². The minimum absolute atomic E-state index is 0.0898. The van der Waals surface area contributed by atoms with Crippen molar-refractivity contribution in [2.75, 3.05) is 0 Å². The van der Waals surface area contributed by atoms with Crippen LogP contribution in [0.3, 0.4) is 0 Å². The van der Waals surface area contributed by atoms with Crippen molar-refractivity contribution in [3.63, 3.8) is 0 Å². The van der Waals surface area contributed by atoms with Crippen LogP contribution in [-0.2, 0) is 13.2 Å². The molecule has 110 valence electrons. The van der Waals surface area contributed by atoms with Gasteiger partial charge in [0.1, 0.15) is 24.0 Å². The summed E-state index contributed by atoms with van der Waals surface area (Å²) in [5, 5.41) is 3.43. The molecule has 21 heavy (non-hydrogen) atoms. The lowest BCUT2D eigenvalue weighted by molar-refractivity contribution is 0.295. The zero-order chi connectivity index (χ0) is 14.7. The highest BCUT2D eigenvalue weighted by Gasteiger charge is 2.20. The summed E-state index contributed by atoms with van der Waals surface area (Å²) >= 11 is 0. The normalized spacial score (nSPS) is 14.2. The third-order valence-corrected chi connectivity index (χ3v) is 3.53. The lowest BCUT2D eigenvalue weighted by Gasteiger charge is -2.12. The SMILES string of the molecule is Fc1ccc(COc2ccccc2CNC2CC2)c(F)c1. The number of ether oxygens (including phenoxy) is 1. The molecule has 4 heteroatoms. The lowest BCUT2D eigenvalue weighted by Crippen LogP contribution is -2.16. The summed E-state index contributed by atoms with van der Waals surface area (Å²) in [4.78, 5) is 0. The number of hydrogen-bond donors (Lipinski definition) is 1. The maximum absolute atomic E-state index is 13.6. The summed E-state index contributed by atoms with van der Waals surface area (Å²) < 4.78 is 32.1. The van der Waals surface area contributed by atoms with Gasteiger partial charge in [0.2, 0.25) is 0 Å². The molecule has 0 aromatic heterocycles. The van der Waals surface area contributed by atoms with Crippen molar-refractivity contribution in [2.45, 2.75) is 32.0 Å². The van der Waals surface area contributed by atoms with Crippen LogP contribution >= 0.6 is 0 Å². The quantitative estimate of drug-likeness (QED) is 0.873. The Hall–Kier alpha value is -1.94. The van der Waals surface area contributed by atoms with Gasteiger partial charge in [-0.25, -0.2) is 8.78 Å². The highest BCUT2D eigenvalue weighted by Crippen LogP contribution is 2.23. The molecule has 0 atom stereocenters. The molecule has 0 unspecified atom stereocenters. The summed E-state index contributed by atoms with van der Waals surface area (Å²) in [6, 6.07) is 11.8. The number of rotatable bonds is 6. The monoisotopic (exact) mass is 289 g/mol. The number of hydrogen-bond acceptors (Lipinski definition) is 2. The van der Waals surface area contributed by atoms with Gasteiger partial charge in [0, 0.05) is 29.8 Å². The van der Waals surface area contributed by atoms with Gasteiger partial charge in [-0.1, -0.05) is 18.2 Å². The molecule has 1 N–H and O–H groups in total. The molecule has 0 heterocycles. The van der Waals surface area contributed by atoms with Crippen molar-refractivity contribution < 1.29 is 13.5 Å². The Labute approximate surface area is 122 Å². The second-order valence-electron chi connectivity index (χ2n) is 5.29. The fourth-order valence-corrected chi connectivity index (χ4v) is 2.13. The predicted octanol–water partition coefficient (Wildman–Crippen LogP) is 3.80. The van der Waals surface area contributed by atoms with Crippen LogP contribution in [0.5, 0.6) is 5.75 Å². The molecule has 1 aliphatic rings. The first-order chi connectivity index (χ1) is 10.2. The zero-order valence-electron chi connectivity index (χ0n) is 11.6. The van der Waals surface area contributed by atoms with Crippen LogP contribution in [0.1, 0.15) is 24.0 Å². The maximum Gasteiger partial charge on any atom is 0.132 e. The van der Waals surface area contributed by atoms with Crippen LogP contribution in [0, 0.1) is 11.6 Å². The minimum atomic E-state index is -0.580. The molecule has 1 fully saturated rings. The predicted molar refractivity (Wildman–Crippen MR) is 77.0 cm³/mol. The van der Waals surface area contributed by atoms with Crippen LogP contribution in [0.25, 0.3) is 0 Å². The lowest BCUT2D eigenvalue weighted by atomic mass is 10.2. The molecule has 0 bridgehead atoms. The third-order valence-electron chi connectivity index (χ3n) is 3.53. The molecule has 0 amide bonds. The molecular weight excluding hydrogens is 272 g/mol. The highest BCUT2D eigenvalue weighted by molar-refractivity contribution is 5.33. The fraction of sp³-hybridized carbons (Fsp3) is 0.294. The van der Waals surface area contributed by atoms with Crippen molar-refractivity contribution >= 4 is 0 Å². The zero-order valence-corrected chi connectivity index (χ0v) is 11.6. The first kappa shape index (κ1) is 14.0. The number of para-hydroxylation sites is 1. The Morgan fingerprint density at radius 2 is 1.86 bits per heavy atom. The van der Waals surface area contributed by atoms with E-state index in [9.17, 15) is 8.78 Å². The molecule has 1 aliphatic carbocycles. The molecular formula is C17H17F2NO. The molecule has 1 saturated carbocycles. The maximum atomic E-state index is 13.6. The van der Waals surface area contributed by atoms with Crippen LogP contribution in [-0.4, -0.2) is 6.04 Å². The van der Waals surface area contributed by atoms with Gasteiger partial charge in [0.05, 0.1) is 0 Å². The van der Waals surface area contributed by atoms with Gasteiger partial charge in [0.15, 0.2) is 0 Å². The van der Waals surface area contributed by atoms with Crippen LogP contribution in [0.2, 0.25) is 0 Å². The van der Waals surface area contributed by atoms with Gasteiger partial charge in [-0.05, 0) is 31.0 Å². The number of benzene rings is 2. The Morgan fingerprint density at radius 1 is 1.05 bits per heavy atom.